The largest absolute Gasteiger partial charge is 0.415 e. The van der Waals surface area contributed by atoms with Crippen molar-refractivity contribution in [3.05, 3.63) is 77.6 Å². The number of rotatable bonds is 7. The number of hydrogen-bond donors (Lipinski definition) is 0. The second kappa shape index (κ2) is 10.4. The van der Waals surface area contributed by atoms with Crippen LogP contribution in [0.25, 0.3) is 0 Å². The fraction of sp³-hybridized carbons (Fsp3) is 0.400. The molecule has 0 saturated carbocycles. The summed E-state index contributed by atoms with van der Waals surface area (Å²) in [5, 5.41) is 0. The Morgan fingerprint density at radius 1 is 0.938 bits per heavy atom. The molecule has 1 aliphatic heterocycles. The van der Waals surface area contributed by atoms with Gasteiger partial charge in [0, 0.05) is 64.3 Å². The highest BCUT2D eigenvalue weighted by Crippen LogP contribution is 2.16. The van der Waals surface area contributed by atoms with Gasteiger partial charge in [0.2, 0.25) is 0 Å². The van der Waals surface area contributed by atoms with Gasteiger partial charge in [-0.25, -0.2) is 9.78 Å². The van der Waals surface area contributed by atoms with E-state index in [0.717, 1.165) is 50.3 Å². The molecule has 1 aromatic carbocycles. The first-order valence-corrected chi connectivity index (χ1v) is 11.2. The van der Waals surface area contributed by atoms with Gasteiger partial charge in [-0.15, -0.1) is 0 Å². The summed E-state index contributed by atoms with van der Waals surface area (Å²) in [7, 11) is 1.98. The van der Waals surface area contributed by atoms with E-state index in [0.29, 0.717) is 18.8 Å². The van der Waals surface area contributed by atoms with Crippen LogP contribution >= 0.6 is 0 Å². The molecule has 7 heteroatoms. The minimum atomic E-state index is -0.272. The number of ether oxygens (including phenoxy) is 1. The lowest BCUT2D eigenvalue weighted by Crippen LogP contribution is -2.49. The molecule has 168 valence electrons. The predicted molar refractivity (Wildman–Crippen MR) is 124 cm³/mol. The minimum Gasteiger partial charge on any atom is -0.410 e. The molecule has 4 rings (SSSR count). The van der Waals surface area contributed by atoms with E-state index in [2.05, 4.69) is 33.2 Å². The van der Waals surface area contributed by atoms with Crippen molar-refractivity contribution in [2.45, 2.75) is 26.2 Å². The number of pyridine rings is 1. The second-order valence-corrected chi connectivity index (χ2v) is 8.45. The monoisotopic (exact) mass is 433 g/mol. The van der Waals surface area contributed by atoms with Gasteiger partial charge in [0.25, 0.3) is 0 Å². The molecule has 1 amide bonds. The summed E-state index contributed by atoms with van der Waals surface area (Å²) in [5.74, 6) is 0.588. The number of amides is 1. The number of benzene rings is 1. The second-order valence-electron chi connectivity index (χ2n) is 8.45. The summed E-state index contributed by atoms with van der Waals surface area (Å²) in [6.45, 7) is 6.08. The molecule has 1 fully saturated rings. The van der Waals surface area contributed by atoms with Crippen LogP contribution in [-0.4, -0.2) is 63.2 Å². The third-order valence-corrected chi connectivity index (χ3v) is 5.84. The quantitative estimate of drug-likeness (QED) is 0.572. The van der Waals surface area contributed by atoms with Gasteiger partial charge in [-0.1, -0.05) is 18.2 Å². The third-order valence-electron chi connectivity index (χ3n) is 5.84. The summed E-state index contributed by atoms with van der Waals surface area (Å²) < 4.78 is 7.56. The molecule has 1 aliphatic rings. The van der Waals surface area contributed by atoms with Gasteiger partial charge in [-0.05, 0) is 49.1 Å². The fourth-order valence-corrected chi connectivity index (χ4v) is 3.83. The van der Waals surface area contributed by atoms with E-state index in [1.165, 1.54) is 11.1 Å². The van der Waals surface area contributed by atoms with Crippen LogP contribution in [0.15, 0.2) is 55.1 Å². The standard InChI is InChI=1S/C25H31N5O2/c1-20-3-7-22(26-17-20)8-4-21-5-9-24(10-6-21)32-25(31)30-15-13-29(14-16-30)12-11-23-18-28(2)19-27-23/h3,5-7,9-10,17-19H,4,8,11-16H2,1-2H3. The van der Waals surface area contributed by atoms with Crippen LogP contribution in [0.5, 0.6) is 5.75 Å². The highest BCUT2D eigenvalue weighted by molar-refractivity contribution is 5.70. The Kier molecular flexibility index (Phi) is 7.17. The van der Waals surface area contributed by atoms with E-state index in [1.807, 2.05) is 55.3 Å². The predicted octanol–water partition coefficient (Wildman–Crippen LogP) is 3.27. The van der Waals surface area contributed by atoms with Crippen molar-refractivity contribution in [3.8, 4) is 5.75 Å². The number of hydrogen-bond acceptors (Lipinski definition) is 5. The Bertz CT molecular complexity index is 1010. The normalized spacial score (nSPS) is 14.5. The number of aromatic nitrogens is 3. The Morgan fingerprint density at radius 3 is 2.38 bits per heavy atom. The van der Waals surface area contributed by atoms with Crippen LogP contribution < -0.4 is 4.74 Å². The van der Waals surface area contributed by atoms with Crippen molar-refractivity contribution in [3.63, 3.8) is 0 Å². The van der Waals surface area contributed by atoms with Gasteiger partial charge in [0.1, 0.15) is 5.75 Å². The number of aryl methyl sites for hydroxylation is 4. The summed E-state index contributed by atoms with van der Waals surface area (Å²) in [5.41, 5.74) is 4.57. The molecular formula is C25H31N5O2. The topological polar surface area (TPSA) is 63.5 Å². The van der Waals surface area contributed by atoms with Crippen molar-refractivity contribution < 1.29 is 9.53 Å². The van der Waals surface area contributed by atoms with Crippen molar-refractivity contribution in [2.24, 2.45) is 7.05 Å². The molecule has 0 radical (unpaired) electrons. The molecule has 0 atom stereocenters. The van der Waals surface area contributed by atoms with Crippen LogP contribution in [0.2, 0.25) is 0 Å². The minimum absolute atomic E-state index is 0.272. The van der Waals surface area contributed by atoms with E-state index in [4.69, 9.17) is 4.74 Å². The number of nitrogens with zero attached hydrogens (tertiary/aromatic N) is 5. The molecule has 32 heavy (non-hydrogen) atoms. The van der Waals surface area contributed by atoms with Crippen LogP contribution in [0.4, 0.5) is 4.79 Å². The highest BCUT2D eigenvalue weighted by Gasteiger charge is 2.22. The lowest BCUT2D eigenvalue weighted by molar-refractivity contribution is 0.111. The maximum atomic E-state index is 12.5. The first-order chi connectivity index (χ1) is 15.5. The number of carbonyl (C=O) groups is 1. The lowest BCUT2D eigenvalue weighted by Gasteiger charge is -2.33. The van der Waals surface area contributed by atoms with E-state index in [9.17, 15) is 4.79 Å². The highest BCUT2D eigenvalue weighted by atomic mass is 16.6. The van der Waals surface area contributed by atoms with E-state index in [-0.39, 0.29) is 6.09 Å². The van der Waals surface area contributed by atoms with Gasteiger partial charge < -0.3 is 14.2 Å². The van der Waals surface area contributed by atoms with Gasteiger partial charge in [-0.3, -0.25) is 9.88 Å². The molecule has 0 bridgehead atoms. The van der Waals surface area contributed by atoms with Gasteiger partial charge in [0.05, 0.1) is 12.0 Å². The van der Waals surface area contributed by atoms with Crippen LogP contribution in [0, 0.1) is 6.92 Å². The van der Waals surface area contributed by atoms with Gasteiger partial charge in [0.15, 0.2) is 0 Å². The molecule has 7 nitrogen and oxygen atoms in total. The molecule has 2 aromatic heterocycles. The molecular weight excluding hydrogens is 402 g/mol. The molecule has 3 heterocycles. The molecule has 3 aromatic rings. The van der Waals surface area contributed by atoms with Crippen LogP contribution in [0.3, 0.4) is 0 Å². The van der Waals surface area contributed by atoms with Crippen molar-refractivity contribution in [1.82, 2.24) is 24.3 Å². The zero-order valence-corrected chi connectivity index (χ0v) is 18.9. The summed E-state index contributed by atoms with van der Waals surface area (Å²) in [6, 6.07) is 11.9. The molecule has 0 aliphatic carbocycles. The van der Waals surface area contributed by atoms with E-state index >= 15 is 0 Å². The smallest absolute Gasteiger partial charge is 0.410 e. The van der Waals surface area contributed by atoms with E-state index < -0.39 is 0 Å². The summed E-state index contributed by atoms with van der Waals surface area (Å²) >= 11 is 0. The molecule has 0 N–H and O–H groups in total. The Labute approximate surface area is 189 Å². The van der Waals surface area contributed by atoms with E-state index in [1.54, 1.807) is 4.90 Å². The zero-order valence-electron chi connectivity index (χ0n) is 18.9. The average Bonchev–Trinajstić information content (AvgIpc) is 3.23. The maximum Gasteiger partial charge on any atom is 0.415 e. The maximum absolute atomic E-state index is 12.5. The number of imidazole rings is 1. The molecule has 0 unspecified atom stereocenters. The number of carbonyl (C=O) groups excluding carboxylic acids is 1. The SMILES string of the molecule is Cc1ccc(CCc2ccc(OC(=O)N3CCN(CCc4cn(C)cn4)CC3)cc2)nc1. The van der Waals surface area contributed by atoms with Crippen molar-refractivity contribution in [2.75, 3.05) is 32.7 Å². The summed E-state index contributed by atoms with van der Waals surface area (Å²) in [4.78, 5) is 25.5. The van der Waals surface area contributed by atoms with Gasteiger partial charge in [-0.2, -0.15) is 0 Å². The number of piperazine rings is 1. The Balaban J connectivity index is 1.19. The Hall–Kier alpha value is -3.19. The average molecular weight is 434 g/mol. The Morgan fingerprint density at radius 2 is 1.72 bits per heavy atom. The van der Waals surface area contributed by atoms with Crippen LogP contribution in [-0.2, 0) is 26.3 Å². The van der Waals surface area contributed by atoms with Crippen molar-refractivity contribution in [1.29, 1.82) is 0 Å². The first-order valence-electron chi connectivity index (χ1n) is 11.2. The van der Waals surface area contributed by atoms with Gasteiger partial charge >= 0.3 is 6.09 Å². The molecule has 0 spiro atoms. The van der Waals surface area contributed by atoms with Crippen LogP contribution in [0.1, 0.15) is 22.5 Å². The first kappa shape index (κ1) is 22.0. The third kappa shape index (κ3) is 6.17. The van der Waals surface area contributed by atoms with Crippen molar-refractivity contribution >= 4 is 6.09 Å². The molecule has 1 saturated heterocycles. The summed E-state index contributed by atoms with van der Waals surface area (Å²) in [6.07, 6.45) is 8.24. The lowest BCUT2D eigenvalue weighted by atomic mass is 10.1. The fourth-order valence-electron chi connectivity index (χ4n) is 3.83. The zero-order chi connectivity index (χ0) is 22.3.